The van der Waals surface area contributed by atoms with E-state index < -0.39 is 11.9 Å². The van der Waals surface area contributed by atoms with E-state index in [-0.39, 0.29) is 6.61 Å². The third-order valence-corrected chi connectivity index (χ3v) is 4.37. The zero-order chi connectivity index (χ0) is 18.7. The molecule has 0 saturated heterocycles. The first-order valence-electron chi connectivity index (χ1n) is 8.43. The van der Waals surface area contributed by atoms with Gasteiger partial charge in [-0.2, -0.15) is 0 Å². The van der Waals surface area contributed by atoms with Crippen molar-refractivity contribution in [3.05, 3.63) is 71.1 Å². The molecular formula is C21H21NO4. The molecule has 134 valence electrons. The Hall–Kier alpha value is -3.08. The van der Waals surface area contributed by atoms with Gasteiger partial charge in [-0.3, -0.25) is 4.79 Å². The molecular weight excluding hydrogens is 330 g/mol. The molecule has 1 unspecified atom stereocenters. The molecule has 0 saturated carbocycles. The largest absolute Gasteiger partial charge is 0.487 e. The van der Waals surface area contributed by atoms with Crippen LogP contribution in [0.25, 0.3) is 11.5 Å². The molecule has 5 heteroatoms. The van der Waals surface area contributed by atoms with Gasteiger partial charge in [0.25, 0.3) is 0 Å². The Bertz CT molecular complexity index is 915. The number of rotatable bonds is 6. The standard InChI is InChI=1S/C21H21NO4/c1-13-11-17(9-10-18(13)14(2)21(23)24)25-12-19-15(3)26-20(22-19)16-7-5-4-6-8-16/h4-11,14H,12H2,1-3H3,(H,23,24). The Balaban J connectivity index is 1.73. The van der Waals surface area contributed by atoms with E-state index in [1.165, 1.54) is 0 Å². The predicted octanol–water partition coefficient (Wildman–Crippen LogP) is 4.73. The van der Waals surface area contributed by atoms with Gasteiger partial charge in [0.2, 0.25) is 5.89 Å². The molecule has 0 aliphatic heterocycles. The van der Waals surface area contributed by atoms with E-state index in [0.717, 1.165) is 28.1 Å². The lowest BCUT2D eigenvalue weighted by Gasteiger charge is -2.12. The minimum atomic E-state index is -0.839. The minimum Gasteiger partial charge on any atom is -0.487 e. The number of ether oxygens (including phenoxy) is 1. The van der Waals surface area contributed by atoms with Crippen molar-refractivity contribution in [2.45, 2.75) is 33.3 Å². The Morgan fingerprint density at radius 3 is 2.58 bits per heavy atom. The summed E-state index contributed by atoms with van der Waals surface area (Å²) in [5.41, 5.74) is 3.34. The fourth-order valence-electron chi connectivity index (χ4n) is 2.77. The number of aromatic nitrogens is 1. The van der Waals surface area contributed by atoms with Gasteiger partial charge in [0.1, 0.15) is 23.8 Å². The lowest BCUT2D eigenvalue weighted by atomic mass is 9.96. The number of hydrogen-bond donors (Lipinski definition) is 1. The smallest absolute Gasteiger partial charge is 0.310 e. The van der Waals surface area contributed by atoms with Gasteiger partial charge in [0, 0.05) is 5.56 Å². The molecule has 0 fully saturated rings. The normalized spacial score (nSPS) is 12.0. The van der Waals surface area contributed by atoms with Crippen LogP contribution < -0.4 is 4.74 Å². The van der Waals surface area contributed by atoms with Crippen LogP contribution in [0.3, 0.4) is 0 Å². The molecule has 1 atom stereocenters. The van der Waals surface area contributed by atoms with Crippen LogP contribution in [-0.2, 0) is 11.4 Å². The second kappa shape index (κ2) is 7.44. The Morgan fingerprint density at radius 1 is 1.19 bits per heavy atom. The molecule has 1 heterocycles. The van der Waals surface area contributed by atoms with E-state index in [2.05, 4.69) is 4.98 Å². The number of nitrogens with zero attached hydrogens (tertiary/aromatic N) is 1. The number of oxazole rings is 1. The first-order valence-corrected chi connectivity index (χ1v) is 8.43. The second-order valence-electron chi connectivity index (χ2n) is 6.25. The van der Waals surface area contributed by atoms with Crippen LogP contribution in [0.15, 0.2) is 52.9 Å². The van der Waals surface area contributed by atoms with Crippen LogP contribution in [0.5, 0.6) is 5.75 Å². The van der Waals surface area contributed by atoms with Gasteiger partial charge in [0.15, 0.2) is 0 Å². The summed E-state index contributed by atoms with van der Waals surface area (Å²) < 4.78 is 11.6. The molecule has 0 amide bonds. The van der Waals surface area contributed by atoms with Gasteiger partial charge in [-0.15, -0.1) is 0 Å². The third kappa shape index (κ3) is 3.77. The van der Waals surface area contributed by atoms with E-state index in [1.54, 1.807) is 19.1 Å². The van der Waals surface area contributed by atoms with Crippen LogP contribution >= 0.6 is 0 Å². The summed E-state index contributed by atoms with van der Waals surface area (Å²) in [7, 11) is 0. The maximum absolute atomic E-state index is 11.2. The van der Waals surface area contributed by atoms with E-state index in [1.807, 2.05) is 50.2 Å². The van der Waals surface area contributed by atoms with E-state index in [4.69, 9.17) is 14.3 Å². The van der Waals surface area contributed by atoms with Gasteiger partial charge < -0.3 is 14.3 Å². The molecule has 2 aromatic carbocycles. The average Bonchev–Trinajstić information content (AvgIpc) is 3.01. The number of aryl methyl sites for hydroxylation is 2. The fourth-order valence-corrected chi connectivity index (χ4v) is 2.77. The van der Waals surface area contributed by atoms with Crippen LogP contribution in [0.4, 0.5) is 0 Å². The number of carbonyl (C=O) groups is 1. The molecule has 0 aliphatic rings. The topological polar surface area (TPSA) is 72.6 Å². The van der Waals surface area contributed by atoms with Gasteiger partial charge in [0.05, 0.1) is 5.92 Å². The molecule has 3 rings (SSSR count). The number of hydrogen-bond acceptors (Lipinski definition) is 4. The fraction of sp³-hybridized carbons (Fsp3) is 0.238. The summed E-state index contributed by atoms with van der Waals surface area (Å²) in [6.07, 6.45) is 0. The quantitative estimate of drug-likeness (QED) is 0.695. The second-order valence-corrected chi connectivity index (χ2v) is 6.25. The van der Waals surface area contributed by atoms with Crippen molar-refractivity contribution >= 4 is 5.97 Å². The summed E-state index contributed by atoms with van der Waals surface area (Å²) in [4.78, 5) is 15.7. The highest BCUT2D eigenvalue weighted by atomic mass is 16.5. The zero-order valence-electron chi connectivity index (χ0n) is 15.0. The van der Waals surface area contributed by atoms with E-state index >= 15 is 0 Å². The van der Waals surface area contributed by atoms with Crippen molar-refractivity contribution in [3.8, 4) is 17.2 Å². The van der Waals surface area contributed by atoms with Gasteiger partial charge in [-0.05, 0) is 56.2 Å². The molecule has 3 aromatic rings. The van der Waals surface area contributed by atoms with Crippen LogP contribution in [-0.4, -0.2) is 16.1 Å². The number of benzene rings is 2. The van der Waals surface area contributed by atoms with Crippen molar-refractivity contribution in [2.75, 3.05) is 0 Å². The summed E-state index contributed by atoms with van der Waals surface area (Å²) in [5, 5.41) is 9.16. The number of aliphatic carboxylic acids is 1. The molecule has 1 N–H and O–H groups in total. The summed E-state index contributed by atoms with van der Waals surface area (Å²) >= 11 is 0. The predicted molar refractivity (Wildman–Crippen MR) is 98.2 cm³/mol. The highest BCUT2D eigenvalue weighted by molar-refractivity contribution is 5.76. The maximum Gasteiger partial charge on any atom is 0.310 e. The maximum atomic E-state index is 11.2. The van der Waals surface area contributed by atoms with E-state index in [0.29, 0.717) is 11.6 Å². The number of carboxylic acid groups (broad SMARTS) is 1. The minimum absolute atomic E-state index is 0.287. The Kier molecular flexibility index (Phi) is 5.07. The lowest BCUT2D eigenvalue weighted by molar-refractivity contribution is -0.138. The average molecular weight is 351 g/mol. The molecule has 0 aliphatic carbocycles. The van der Waals surface area contributed by atoms with Gasteiger partial charge in [-0.1, -0.05) is 24.3 Å². The van der Waals surface area contributed by atoms with Gasteiger partial charge in [-0.25, -0.2) is 4.98 Å². The van der Waals surface area contributed by atoms with Crippen LogP contribution in [0.1, 0.15) is 35.4 Å². The van der Waals surface area contributed by atoms with Crippen molar-refractivity contribution < 1.29 is 19.1 Å². The lowest BCUT2D eigenvalue weighted by Crippen LogP contribution is -2.09. The summed E-state index contributed by atoms with van der Waals surface area (Å²) in [6.45, 7) is 5.71. The van der Waals surface area contributed by atoms with Crippen molar-refractivity contribution in [3.63, 3.8) is 0 Å². The van der Waals surface area contributed by atoms with Crippen LogP contribution in [0, 0.1) is 13.8 Å². The zero-order valence-corrected chi connectivity index (χ0v) is 15.0. The van der Waals surface area contributed by atoms with Crippen molar-refractivity contribution in [2.24, 2.45) is 0 Å². The molecule has 1 aromatic heterocycles. The highest BCUT2D eigenvalue weighted by Crippen LogP contribution is 2.26. The van der Waals surface area contributed by atoms with E-state index in [9.17, 15) is 4.79 Å². The van der Waals surface area contributed by atoms with Crippen molar-refractivity contribution in [1.82, 2.24) is 4.98 Å². The first-order chi connectivity index (χ1) is 12.5. The SMILES string of the molecule is Cc1cc(OCc2nc(-c3ccccc3)oc2C)ccc1C(C)C(=O)O. The molecule has 0 radical (unpaired) electrons. The van der Waals surface area contributed by atoms with Gasteiger partial charge >= 0.3 is 5.97 Å². The Morgan fingerprint density at radius 2 is 1.92 bits per heavy atom. The molecule has 5 nitrogen and oxygen atoms in total. The number of carboxylic acids is 1. The Labute approximate surface area is 152 Å². The third-order valence-electron chi connectivity index (χ3n) is 4.37. The summed E-state index contributed by atoms with van der Waals surface area (Å²) in [6, 6.07) is 15.1. The molecule has 0 bridgehead atoms. The van der Waals surface area contributed by atoms with Crippen LogP contribution in [0.2, 0.25) is 0 Å². The first kappa shape index (κ1) is 17.7. The molecule has 26 heavy (non-hydrogen) atoms. The molecule has 0 spiro atoms. The summed E-state index contributed by atoms with van der Waals surface area (Å²) in [5.74, 6) is 0.580. The highest BCUT2D eigenvalue weighted by Gasteiger charge is 2.17. The van der Waals surface area contributed by atoms with Crippen molar-refractivity contribution in [1.29, 1.82) is 0 Å². The monoisotopic (exact) mass is 351 g/mol.